The van der Waals surface area contributed by atoms with Crippen LogP contribution in [0.4, 0.5) is 5.82 Å². The van der Waals surface area contributed by atoms with Crippen LogP contribution in [0.1, 0.15) is 44.0 Å². The molecular weight excluding hydrogens is 436 g/mol. The van der Waals surface area contributed by atoms with Gasteiger partial charge in [-0.1, -0.05) is 19.1 Å². The lowest BCUT2D eigenvalue weighted by Gasteiger charge is -2.19. The van der Waals surface area contributed by atoms with Gasteiger partial charge < -0.3 is 5.32 Å². The van der Waals surface area contributed by atoms with Crippen LogP contribution in [-0.2, 0) is 16.3 Å². The predicted octanol–water partition coefficient (Wildman–Crippen LogP) is 4.16. The van der Waals surface area contributed by atoms with Gasteiger partial charge in [-0.05, 0) is 61.9 Å². The Morgan fingerprint density at radius 3 is 2.55 bits per heavy atom. The van der Waals surface area contributed by atoms with Gasteiger partial charge in [-0.25, -0.2) is 19.0 Å². The molecule has 1 saturated carbocycles. The van der Waals surface area contributed by atoms with Gasteiger partial charge in [0.1, 0.15) is 5.52 Å². The lowest BCUT2D eigenvalue weighted by Crippen LogP contribution is -2.29. The van der Waals surface area contributed by atoms with E-state index in [2.05, 4.69) is 20.3 Å². The van der Waals surface area contributed by atoms with Crippen LogP contribution >= 0.6 is 11.6 Å². The summed E-state index contributed by atoms with van der Waals surface area (Å²) >= 11 is 6.07. The van der Waals surface area contributed by atoms with Crippen molar-refractivity contribution < 1.29 is 4.21 Å². The molecule has 31 heavy (non-hydrogen) atoms. The summed E-state index contributed by atoms with van der Waals surface area (Å²) in [6, 6.07) is 7.02. The minimum Gasteiger partial charge on any atom is -0.361 e. The maximum Gasteiger partial charge on any atom is 0.295 e. The Kier molecular flexibility index (Phi) is 5.74. The molecule has 8 nitrogen and oxygen atoms in total. The summed E-state index contributed by atoms with van der Waals surface area (Å²) in [5.41, 5.74) is 2.27. The highest BCUT2D eigenvalue weighted by molar-refractivity contribution is 7.92. The van der Waals surface area contributed by atoms with Gasteiger partial charge in [-0.2, -0.15) is 4.98 Å². The van der Waals surface area contributed by atoms with E-state index in [0.29, 0.717) is 34.2 Å². The molecule has 0 saturated heterocycles. The summed E-state index contributed by atoms with van der Waals surface area (Å²) in [6.07, 6.45) is 2.17. The second-order valence-corrected chi connectivity index (χ2v) is 10.7. The molecule has 0 radical (unpaired) electrons. The fourth-order valence-corrected chi connectivity index (χ4v) is 4.77. The molecule has 0 spiro atoms. The molecule has 2 heterocycles. The summed E-state index contributed by atoms with van der Waals surface area (Å²) < 4.78 is 21.8. The van der Waals surface area contributed by atoms with Gasteiger partial charge in [0.2, 0.25) is 5.28 Å². The molecule has 1 aliphatic carbocycles. The lowest BCUT2D eigenvalue weighted by atomic mass is 10.2. The average molecular weight is 461 g/mol. The third kappa shape index (κ3) is 4.29. The number of fused-ring (bicyclic) bond motifs is 1. The number of anilines is 1. The Morgan fingerprint density at radius 2 is 1.94 bits per heavy atom. The van der Waals surface area contributed by atoms with Crippen LogP contribution in [0.25, 0.3) is 11.2 Å². The van der Waals surface area contributed by atoms with E-state index in [4.69, 9.17) is 16.4 Å². The lowest BCUT2D eigenvalue weighted by molar-refractivity contribution is 0.482. The van der Waals surface area contributed by atoms with E-state index in [1.54, 1.807) is 30.5 Å². The number of nitrogens with one attached hydrogen (secondary N) is 2. The molecule has 3 aromatic rings. The van der Waals surface area contributed by atoms with Gasteiger partial charge in [0.05, 0.1) is 15.4 Å². The second-order valence-electron chi connectivity index (χ2n) is 7.93. The molecular formula is C21H25ClN6O2S. The fraction of sp³-hybridized carbons (Fsp3) is 0.429. The standard InChI is InChI=1S/C21H25ClN6O2S/c1-4-31(23,30)16-9-5-14(6-10-16)11-24-18-20(29)28(13(3)15-7-8-15)19-17(26-18)12(2)25-21(22)27-19/h5-6,9-10,13,15,23H,4,7-8,11H2,1-3H3,(H,24,26)/t13-,31?/m0/s1. The number of halogens is 1. The van der Waals surface area contributed by atoms with Crippen molar-refractivity contribution in [2.75, 3.05) is 11.1 Å². The molecule has 10 heteroatoms. The van der Waals surface area contributed by atoms with E-state index in [1.807, 2.05) is 19.1 Å². The van der Waals surface area contributed by atoms with Crippen LogP contribution < -0.4 is 10.9 Å². The molecule has 1 unspecified atom stereocenters. The number of nitrogens with zero attached hydrogens (tertiary/aromatic N) is 4. The SMILES string of the molecule is CCS(=N)(=O)c1ccc(CNc2nc3c(C)nc(Cl)nc3n([C@@H](C)C3CC3)c2=O)cc1. The maximum absolute atomic E-state index is 13.3. The largest absolute Gasteiger partial charge is 0.361 e. The molecule has 164 valence electrons. The Bertz CT molecular complexity index is 1300. The number of hydrogen-bond acceptors (Lipinski definition) is 7. The Hall–Kier alpha value is -2.52. The zero-order chi connectivity index (χ0) is 22.3. The minimum atomic E-state index is -2.75. The molecule has 2 N–H and O–H groups in total. The molecule has 0 aliphatic heterocycles. The first-order valence-corrected chi connectivity index (χ1v) is 12.4. The quantitative estimate of drug-likeness (QED) is 0.512. The van der Waals surface area contributed by atoms with Crippen molar-refractivity contribution in [2.24, 2.45) is 5.92 Å². The van der Waals surface area contributed by atoms with Gasteiger partial charge in [-0.3, -0.25) is 9.36 Å². The van der Waals surface area contributed by atoms with Crippen molar-refractivity contribution in [1.82, 2.24) is 19.5 Å². The van der Waals surface area contributed by atoms with Crippen molar-refractivity contribution in [3.05, 3.63) is 51.2 Å². The summed E-state index contributed by atoms with van der Waals surface area (Å²) in [4.78, 5) is 26.8. The van der Waals surface area contributed by atoms with Crippen molar-refractivity contribution in [1.29, 1.82) is 4.78 Å². The van der Waals surface area contributed by atoms with E-state index >= 15 is 0 Å². The molecule has 0 bridgehead atoms. The monoisotopic (exact) mass is 460 g/mol. The van der Waals surface area contributed by atoms with E-state index in [9.17, 15) is 9.00 Å². The third-order valence-electron chi connectivity index (χ3n) is 5.77. The van der Waals surface area contributed by atoms with Crippen molar-refractivity contribution in [2.45, 2.75) is 51.1 Å². The van der Waals surface area contributed by atoms with E-state index in [0.717, 1.165) is 18.4 Å². The van der Waals surface area contributed by atoms with Crippen molar-refractivity contribution in [3.8, 4) is 0 Å². The smallest absolute Gasteiger partial charge is 0.295 e. The summed E-state index contributed by atoms with van der Waals surface area (Å²) in [6.45, 7) is 5.93. The predicted molar refractivity (Wildman–Crippen MR) is 122 cm³/mol. The zero-order valence-corrected chi connectivity index (χ0v) is 19.3. The average Bonchev–Trinajstić information content (AvgIpc) is 3.58. The van der Waals surface area contributed by atoms with Crippen LogP contribution in [-0.4, -0.2) is 29.5 Å². The van der Waals surface area contributed by atoms with Crippen LogP contribution in [0.15, 0.2) is 34.0 Å². The van der Waals surface area contributed by atoms with Gasteiger partial charge in [0.25, 0.3) is 5.56 Å². The first-order valence-electron chi connectivity index (χ1n) is 10.3. The minimum absolute atomic E-state index is 0.0116. The van der Waals surface area contributed by atoms with E-state index < -0.39 is 9.73 Å². The first-order chi connectivity index (χ1) is 14.7. The number of rotatable bonds is 7. The van der Waals surface area contributed by atoms with Crippen LogP contribution in [0, 0.1) is 17.6 Å². The van der Waals surface area contributed by atoms with Crippen molar-refractivity contribution >= 4 is 38.3 Å². The molecule has 4 rings (SSSR count). The molecule has 2 atom stereocenters. The summed E-state index contributed by atoms with van der Waals surface area (Å²) in [5, 5.41) is 3.24. The normalized spacial score (nSPS) is 16.8. The van der Waals surface area contributed by atoms with Crippen molar-refractivity contribution in [3.63, 3.8) is 0 Å². The number of benzene rings is 1. The van der Waals surface area contributed by atoms with Gasteiger partial charge in [-0.15, -0.1) is 0 Å². The third-order valence-corrected chi connectivity index (χ3v) is 7.78. The number of aromatic nitrogens is 4. The van der Waals surface area contributed by atoms with Crippen LogP contribution in [0.2, 0.25) is 5.28 Å². The molecule has 0 amide bonds. The summed E-state index contributed by atoms with van der Waals surface area (Å²) in [5.74, 6) is 0.947. The Morgan fingerprint density at radius 1 is 1.26 bits per heavy atom. The zero-order valence-electron chi connectivity index (χ0n) is 17.7. The highest BCUT2D eigenvalue weighted by atomic mass is 35.5. The topological polar surface area (TPSA) is 114 Å². The van der Waals surface area contributed by atoms with Gasteiger partial charge in [0, 0.05) is 23.2 Å². The molecule has 1 aliphatic rings. The summed E-state index contributed by atoms with van der Waals surface area (Å²) in [7, 11) is -2.75. The number of hydrogen-bond donors (Lipinski definition) is 2. The van der Waals surface area contributed by atoms with E-state index in [1.165, 1.54) is 0 Å². The molecule has 1 aromatic carbocycles. The fourth-order valence-electron chi connectivity index (χ4n) is 3.65. The first kappa shape index (κ1) is 21.7. The van der Waals surface area contributed by atoms with Gasteiger partial charge >= 0.3 is 0 Å². The van der Waals surface area contributed by atoms with E-state index in [-0.39, 0.29) is 28.5 Å². The highest BCUT2D eigenvalue weighted by Crippen LogP contribution is 2.39. The Balaban J connectivity index is 1.69. The van der Waals surface area contributed by atoms with Crippen LogP contribution in [0.5, 0.6) is 0 Å². The highest BCUT2D eigenvalue weighted by Gasteiger charge is 2.32. The van der Waals surface area contributed by atoms with Gasteiger partial charge in [0.15, 0.2) is 11.5 Å². The second kappa shape index (κ2) is 8.20. The maximum atomic E-state index is 13.3. The number of aryl methyl sites for hydroxylation is 1. The molecule has 1 fully saturated rings. The van der Waals surface area contributed by atoms with Crippen LogP contribution in [0.3, 0.4) is 0 Å². The molecule has 2 aromatic heterocycles. The Labute approximate surface area is 186 Å².